The van der Waals surface area contributed by atoms with Crippen molar-refractivity contribution < 1.29 is 9.53 Å². The van der Waals surface area contributed by atoms with Gasteiger partial charge in [0.25, 0.3) is 0 Å². The highest BCUT2D eigenvalue weighted by atomic mass is 35.5. The molecule has 1 fully saturated rings. The lowest BCUT2D eigenvalue weighted by Gasteiger charge is -2.16. The summed E-state index contributed by atoms with van der Waals surface area (Å²) in [6.45, 7) is 1.90. The molecule has 1 aliphatic carbocycles. The number of rotatable bonds is 2. The van der Waals surface area contributed by atoms with Gasteiger partial charge in [-0.1, -0.05) is 12.8 Å². The summed E-state index contributed by atoms with van der Waals surface area (Å²) in [5.41, 5.74) is 2.16. The minimum Gasteiger partial charge on any atom is -0.464 e. The van der Waals surface area contributed by atoms with E-state index in [1.54, 1.807) is 6.20 Å². The number of ether oxygens (including phenoxy) is 1. The zero-order chi connectivity index (χ0) is 14.3. The van der Waals surface area contributed by atoms with E-state index in [0.717, 1.165) is 29.4 Å². The molecule has 5 nitrogen and oxygen atoms in total. The smallest absolute Gasteiger partial charge is 0.355 e. The maximum atomic E-state index is 12.1. The van der Waals surface area contributed by atoms with Gasteiger partial charge in [-0.05, 0) is 36.9 Å². The van der Waals surface area contributed by atoms with E-state index in [1.165, 1.54) is 20.0 Å². The molecule has 1 aliphatic rings. The van der Waals surface area contributed by atoms with Gasteiger partial charge in [0.2, 0.25) is 5.28 Å². The summed E-state index contributed by atoms with van der Waals surface area (Å²) in [6, 6.07) is 0.284. The zero-order valence-electron chi connectivity index (χ0n) is 11.5. The minimum absolute atomic E-state index is 0.200. The summed E-state index contributed by atoms with van der Waals surface area (Å²) in [6.07, 6.45) is 6.12. The molecule has 0 unspecified atom stereocenters. The van der Waals surface area contributed by atoms with Crippen molar-refractivity contribution in [1.82, 2.24) is 14.5 Å². The summed E-state index contributed by atoms with van der Waals surface area (Å²) in [5.74, 6) is -0.330. The van der Waals surface area contributed by atoms with Gasteiger partial charge in [-0.3, -0.25) is 0 Å². The van der Waals surface area contributed by atoms with E-state index in [0.29, 0.717) is 5.69 Å². The van der Waals surface area contributed by atoms with Crippen molar-refractivity contribution in [2.24, 2.45) is 0 Å². The molecule has 0 bridgehead atoms. The molecular formula is C14H16ClN3O2. The monoisotopic (exact) mass is 293 g/mol. The van der Waals surface area contributed by atoms with Crippen LogP contribution in [0.3, 0.4) is 0 Å². The van der Waals surface area contributed by atoms with Crippen LogP contribution in [0, 0.1) is 6.92 Å². The first kappa shape index (κ1) is 13.4. The van der Waals surface area contributed by atoms with Crippen LogP contribution in [-0.2, 0) is 4.74 Å². The fraction of sp³-hybridized carbons (Fsp3) is 0.500. The molecule has 106 valence electrons. The summed E-state index contributed by atoms with van der Waals surface area (Å²) in [7, 11) is 1.40. The lowest BCUT2D eigenvalue weighted by molar-refractivity contribution is 0.0585. The number of fused-ring (bicyclic) bond motifs is 1. The molecule has 6 heteroatoms. The van der Waals surface area contributed by atoms with E-state index in [9.17, 15) is 4.79 Å². The highest BCUT2D eigenvalue weighted by Gasteiger charge is 2.28. The predicted molar refractivity (Wildman–Crippen MR) is 76.1 cm³/mol. The van der Waals surface area contributed by atoms with Gasteiger partial charge in [-0.15, -0.1) is 0 Å². The second-order valence-corrected chi connectivity index (χ2v) is 5.49. The van der Waals surface area contributed by atoms with Gasteiger partial charge in [0.05, 0.1) is 7.11 Å². The van der Waals surface area contributed by atoms with Crippen LogP contribution in [0.5, 0.6) is 0 Å². The number of esters is 1. The quantitative estimate of drug-likeness (QED) is 0.630. The molecule has 3 rings (SSSR count). The molecule has 0 atom stereocenters. The Morgan fingerprint density at radius 1 is 1.45 bits per heavy atom. The maximum absolute atomic E-state index is 12.1. The van der Waals surface area contributed by atoms with Gasteiger partial charge >= 0.3 is 5.97 Å². The van der Waals surface area contributed by atoms with Crippen LogP contribution in [0.4, 0.5) is 0 Å². The SMILES string of the molecule is COC(=O)c1c(C)c2cnc(Cl)nc2n1C1CCCC1. The fourth-order valence-electron chi connectivity index (χ4n) is 3.08. The first-order valence-corrected chi connectivity index (χ1v) is 7.12. The predicted octanol–water partition coefficient (Wildman–Crippen LogP) is 3.29. The molecule has 0 aliphatic heterocycles. The Labute approximate surface area is 121 Å². The van der Waals surface area contributed by atoms with Crippen molar-refractivity contribution in [2.45, 2.75) is 38.6 Å². The highest BCUT2D eigenvalue weighted by molar-refractivity contribution is 6.28. The number of hydrogen-bond acceptors (Lipinski definition) is 4. The molecule has 2 aromatic heterocycles. The van der Waals surface area contributed by atoms with Crippen molar-refractivity contribution in [2.75, 3.05) is 7.11 Å². The average molecular weight is 294 g/mol. The summed E-state index contributed by atoms with van der Waals surface area (Å²) in [4.78, 5) is 20.5. The van der Waals surface area contributed by atoms with Crippen LogP contribution in [0.15, 0.2) is 6.20 Å². The van der Waals surface area contributed by atoms with Crippen molar-refractivity contribution in [3.05, 3.63) is 22.7 Å². The Bertz CT molecular complexity index is 675. The number of aryl methyl sites for hydroxylation is 1. The van der Waals surface area contributed by atoms with Gasteiger partial charge in [-0.2, -0.15) is 4.98 Å². The molecular weight excluding hydrogens is 278 g/mol. The molecule has 0 amide bonds. The fourth-order valence-corrected chi connectivity index (χ4v) is 3.21. The number of carbonyl (C=O) groups excluding carboxylic acids is 1. The van der Waals surface area contributed by atoms with Gasteiger partial charge in [0.15, 0.2) is 0 Å². The van der Waals surface area contributed by atoms with Crippen LogP contribution in [0.1, 0.15) is 47.8 Å². The van der Waals surface area contributed by atoms with Crippen LogP contribution >= 0.6 is 11.6 Å². The maximum Gasteiger partial charge on any atom is 0.355 e. The second kappa shape index (κ2) is 5.05. The van der Waals surface area contributed by atoms with Crippen LogP contribution in [0.2, 0.25) is 5.28 Å². The Morgan fingerprint density at radius 3 is 2.80 bits per heavy atom. The standard InChI is InChI=1S/C14H16ClN3O2/c1-8-10-7-16-14(15)17-12(10)18(9-5-3-4-6-9)11(8)13(19)20-2/h7,9H,3-6H2,1-2H3. The second-order valence-electron chi connectivity index (χ2n) is 5.15. The van der Waals surface area contributed by atoms with Crippen LogP contribution in [0.25, 0.3) is 11.0 Å². The molecule has 0 saturated heterocycles. The third-order valence-corrected chi connectivity index (χ3v) is 4.22. The van der Waals surface area contributed by atoms with Crippen molar-refractivity contribution in [1.29, 1.82) is 0 Å². The number of halogens is 1. The normalized spacial score (nSPS) is 15.9. The molecule has 0 N–H and O–H groups in total. The molecule has 0 radical (unpaired) electrons. The largest absolute Gasteiger partial charge is 0.464 e. The van der Waals surface area contributed by atoms with E-state index in [-0.39, 0.29) is 17.3 Å². The Hall–Kier alpha value is -1.62. The Morgan fingerprint density at radius 2 is 2.15 bits per heavy atom. The first-order chi connectivity index (χ1) is 9.63. The Balaban J connectivity index is 2.31. The van der Waals surface area contributed by atoms with Crippen LogP contribution < -0.4 is 0 Å². The van der Waals surface area contributed by atoms with Crippen molar-refractivity contribution >= 4 is 28.6 Å². The number of nitrogens with zero attached hydrogens (tertiary/aromatic N) is 3. The lowest BCUT2D eigenvalue weighted by Crippen LogP contribution is -2.15. The topological polar surface area (TPSA) is 57.0 Å². The molecule has 0 aromatic carbocycles. The number of aromatic nitrogens is 3. The third kappa shape index (κ3) is 1.97. The molecule has 2 heterocycles. The van der Waals surface area contributed by atoms with Crippen molar-refractivity contribution in [3.8, 4) is 0 Å². The molecule has 2 aromatic rings. The minimum atomic E-state index is -0.330. The summed E-state index contributed by atoms with van der Waals surface area (Å²) >= 11 is 5.92. The molecule has 0 spiro atoms. The van der Waals surface area contributed by atoms with Crippen molar-refractivity contribution in [3.63, 3.8) is 0 Å². The van der Waals surface area contributed by atoms with Gasteiger partial charge in [-0.25, -0.2) is 9.78 Å². The van der Waals surface area contributed by atoms with Gasteiger partial charge in [0, 0.05) is 17.6 Å². The molecule has 1 saturated carbocycles. The van der Waals surface area contributed by atoms with E-state index in [2.05, 4.69) is 9.97 Å². The average Bonchev–Trinajstić information content (AvgIpc) is 3.04. The zero-order valence-corrected chi connectivity index (χ0v) is 12.3. The first-order valence-electron chi connectivity index (χ1n) is 6.75. The molecule has 20 heavy (non-hydrogen) atoms. The highest BCUT2D eigenvalue weighted by Crippen LogP contribution is 2.36. The Kier molecular flexibility index (Phi) is 3.38. The number of hydrogen-bond donors (Lipinski definition) is 0. The van der Waals surface area contributed by atoms with Gasteiger partial charge in [0.1, 0.15) is 11.3 Å². The van der Waals surface area contributed by atoms with Gasteiger partial charge < -0.3 is 9.30 Å². The number of carbonyl (C=O) groups is 1. The third-order valence-electron chi connectivity index (χ3n) is 4.04. The van der Waals surface area contributed by atoms with E-state index >= 15 is 0 Å². The van der Waals surface area contributed by atoms with E-state index in [1.807, 2.05) is 11.5 Å². The van der Waals surface area contributed by atoms with E-state index in [4.69, 9.17) is 16.3 Å². The summed E-state index contributed by atoms with van der Waals surface area (Å²) < 4.78 is 6.93. The lowest BCUT2D eigenvalue weighted by atomic mass is 10.2. The number of methoxy groups -OCH3 is 1. The van der Waals surface area contributed by atoms with Crippen LogP contribution in [-0.4, -0.2) is 27.6 Å². The van der Waals surface area contributed by atoms with E-state index < -0.39 is 0 Å². The summed E-state index contributed by atoms with van der Waals surface area (Å²) in [5, 5.41) is 1.06.